The second kappa shape index (κ2) is 11.0. The van der Waals surface area contributed by atoms with Crippen LogP contribution in [0.2, 0.25) is 0 Å². The number of nitrogens with zero attached hydrogens (tertiary/aromatic N) is 3. The summed E-state index contributed by atoms with van der Waals surface area (Å²) >= 11 is 1.18. The molecule has 3 aromatic rings. The Morgan fingerprint density at radius 1 is 1.18 bits per heavy atom. The number of rotatable bonds is 10. The molecule has 0 saturated carbocycles. The summed E-state index contributed by atoms with van der Waals surface area (Å²) in [6, 6.07) is 5.99. The lowest BCUT2D eigenvalue weighted by Crippen LogP contribution is -2.42. The van der Waals surface area contributed by atoms with Crippen molar-refractivity contribution in [3.63, 3.8) is 0 Å². The quantitative estimate of drug-likeness (QED) is 0.387. The molecular formula is C22H27FN6O3S. The van der Waals surface area contributed by atoms with Crippen molar-refractivity contribution in [2.45, 2.75) is 44.8 Å². The minimum atomic E-state index is -0.684. The number of thioether (sulfide) groups is 1. The zero-order valence-electron chi connectivity index (χ0n) is 18.6. The second-order valence-electron chi connectivity index (χ2n) is 7.44. The first-order valence-corrected chi connectivity index (χ1v) is 11.7. The molecule has 1 amide bonds. The summed E-state index contributed by atoms with van der Waals surface area (Å²) in [5.74, 6) is -0.667. The largest absolute Gasteiger partial charge is 0.383 e. The number of nitrogen functional groups attached to an aromatic ring is 1. The summed E-state index contributed by atoms with van der Waals surface area (Å²) in [7, 11) is 0. The summed E-state index contributed by atoms with van der Waals surface area (Å²) in [4.78, 5) is 48.8. The monoisotopic (exact) mass is 474 g/mol. The Hall–Kier alpha value is -3.34. The van der Waals surface area contributed by atoms with E-state index in [1.165, 1.54) is 33.4 Å². The van der Waals surface area contributed by atoms with E-state index in [4.69, 9.17) is 5.73 Å². The zero-order valence-corrected chi connectivity index (χ0v) is 19.4. The Kier molecular flexibility index (Phi) is 8.10. The van der Waals surface area contributed by atoms with E-state index >= 15 is 0 Å². The number of hydrogen-bond acceptors (Lipinski definition) is 6. The molecule has 0 fully saturated rings. The van der Waals surface area contributed by atoms with Gasteiger partial charge in [0.15, 0.2) is 10.8 Å². The van der Waals surface area contributed by atoms with Crippen LogP contribution in [0, 0.1) is 5.82 Å². The van der Waals surface area contributed by atoms with Crippen LogP contribution in [-0.4, -0.2) is 37.7 Å². The summed E-state index contributed by atoms with van der Waals surface area (Å²) in [5.41, 5.74) is 6.34. The van der Waals surface area contributed by atoms with Crippen molar-refractivity contribution in [2.24, 2.45) is 0 Å². The van der Waals surface area contributed by atoms with Gasteiger partial charge in [0.2, 0.25) is 5.91 Å². The molecule has 0 aliphatic carbocycles. The Bertz CT molecular complexity index is 1220. The SMILES string of the molecule is CCCCN(C(=O)CSc1ncc(-c2ccc(F)cc2)[nH]1)c1c(N)n(CCC)c(=O)[nH]c1=O. The number of aromatic nitrogens is 4. The zero-order chi connectivity index (χ0) is 24.0. The highest BCUT2D eigenvalue weighted by molar-refractivity contribution is 7.99. The molecule has 176 valence electrons. The van der Waals surface area contributed by atoms with E-state index in [0.717, 1.165) is 12.0 Å². The minimum absolute atomic E-state index is 0.00582. The lowest BCUT2D eigenvalue weighted by Gasteiger charge is -2.24. The third-order valence-corrected chi connectivity index (χ3v) is 5.88. The number of halogens is 1. The molecule has 0 bridgehead atoms. The molecule has 33 heavy (non-hydrogen) atoms. The Balaban J connectivity index is 1.81. The Labute approximate surface area is 194 Å². The average Bonchev–Trinajstić information content (AvgIpc) is 3.26. The first-order valence-electron chi connectivity index (χ1n) is 10.7. The summed E-state index contributed by atoms with van der Waals surface area (Å²) in [6.07, 6.45) is 3.72. The molecule has 0 unspecified atom stereocenters. The standard InChI is InChI=1S/C22H27FN6O3S/c1-3-5-11-28(18-19(24)29(10-4-2)22(32)27-20(18)31)17(30)13-33-21-25-12-16(26-21)14-6-8-15(23)9-7-14/h6-9,12H,3-5,10-11,13,24H2,1-2H3,(H,25,26)(H,27,31,32). The van der Waals surface area contributed by atoms with E-state index in [1.54, 1.807) is 18.3 Å². The van der Waals surface area contributed by atoms with Crippen LogP contribution in [0.3, 0.4) is 0 Å². The number of amides is 1. The number of aromatic amines is 2. The topological polar surface area (TPSA) is 130 Å². The first kappa shape index (κ1) is 24.3. The molecule has 4 N–H and O–H groups in total. The van der Waals surface area contributed by atoms with Gasteiger partial charge in [0.1, 0.15) is 11.6 Å². The van der Waals surface area contributed by atoms with E-state index in [-0.39, 0.29) is 29.0 Å². The lowest BCUT2D eigenvalue weighted by molar-refractivity contribution is -0.116. The van der Waals surface area contributed by atoms with Crippen molar-refractivity contribution in [2.75, 3.05) is 22.9 Å². The van der Waals surface area contributed by atoms with Crippen molar-refractivity contribution in [1.29, 1.82) is 0 Å². The molecule has 0 saturated heterocycles. The number of nitrogens with one attached hydrogen (secondary N) is 2. The molecule has 1 aromatic carbocycles. The molecule has 3 rings (SSSR count). The number of unbranched alkanes of at least 4 members (excludes halogenated alkanes) is 1. The number of carbonyl (C=O) groups excluding carboxylic acids is 1. The molecule has 0 aliphatic heterocycles. The van der Waals surface area contributed by atoms with Gasteiger partial charge in [0, 0.05) is 13.1 Å². The van der Waals surface area contributed by atoms with Gasteiger partial charge in [-0.25, -0.2) is 14.2 Å². The van der Waals surface area contributed by atoms with Crippen LogP contribution in [0.4, 0.5) is 15.9 Å². The number of hydrogen-bond donors (Lipinski definition) is 3. The fourth-order valence-electron chi connectivity index (χ4n) is 3.32. The highest BCUT2D eigenvalue weighted by Gasteiger charge is 2.24. The van der Waals surface area contributed by atoms with Crippen LogP contribution < -0.4 is 21.9 Å². The molecule has 2 heterocycles. The van der Waals surface area contributed by atoms with Gasteiger partial charge < -0.3 is 15.6 Å². The highest BCUT2D eigenvalue weighted by Crippen LogP contribution is 2.24. The van der Waals surface area contributed by atoms with Gasteiger partial charge in [-0.3, -0.25) is 19.1 Å². The van der Waals surface area contributed by atoms with E-state index in [0.29, 0.717) is 36.8 Å². The second-order valence-corrected chi connectivity index (χ2v) is 8.41. The fraction of sp³-hybridized carbons (Fsp3) is 0.364. The van der Waals surface area contributed by atoms with Crippen molar-refractivity contribution in [3.05, 3.63) is 57.1 Å². The summed E-state index contributed by atoms with van der Waals surface area (Å²) < 4.78 is 14.4. The first-order chi connectivity index (χ1) is 15.8. The van der Waals surface area contributed by atoms with Crippen molar-refractivity contribution in [1.82, 2.24) is 19.5 Å². The molecule has 9 nitrogen and oxygen atoms in total. The van der Waals surface area contributed by atoms with Gasteiger partial charge in [0.05, 0.1) is 17.6 Å². The number of anilines is 2. The van der Waals surface area contributed by atoms with Crippen molar-refractivity contribution < 1.29 is 9.18 Å². The molecule has 0 spiro atoms. The maximum Gasteiger partial charge on any atom is 0.330 e. The van der Waals surface area contributed by atoms with E-state index in [9.17, 15) is 18.8 Å². The van der Waals surface area contributed by atoms with Crippen LogP contribution >= 0.6 is 11.8 Å². The number of imidazole rings is 1. The van der Waals surface area contributed by atoms with Crippen molar-refractivity contribution in [3.8, 4) is 11.3 Å². The average molecular weight is 475 g/mol. The number of H-pyrrole nitrogens is 2. The molecule has 0 radical (unpaired) electrons. The van der Waals surface area contributed by atoms with Crippen LogP contribution in [0.5, 0.6) is 0 Å². The van der Waals surface area contributed by atoms with E-state index in [1.807, 2.05) is 13.8 Å². The smallest absolute Gasteiger partial charge is 0.330 e. The van der Waals surface area contributed by atoms with E-state index in [2.05, 4.69) is 15.0 Å². The molecule has 0 aliphatic rings. The van der Waals surface area contributed by atoms with Gasteiger partial charge >= 0.3 is 5.69 Å². The van der Waals surface area contributed by atoms with Crippen LogP contribution in [0.15, 0.2) is 45.2 Å². The third-order valence-electron chi connectivity index (χ3n) is 5.01. The number of benzene rings is 1. The highest BCUT2D eigenvalue weighted by atomic mass is 32.2. The van der Waals surface area contributed by atoms with Crippen molar-refractivity contribution >= 4 is 29.2 Å². The Morgan fingerprint density at radius 2 is 1.91 bits per heavy atom. The normalized spacial score (nSPS) is 11.0. The van der Waals surface area contributed by atoms with Gasteiger partial charge in [0.25, 0.3) is 5.56 Å². The maximum absolute atomic E-state index is 13.1. The predicted molar refractivity (Wildman–Crippen MR) is 128 cm³/mol. The van der Waals surface area contributed by atoms with Crippen LogP contribution in [0.1, 0.15) is 33.1 Å². The fourth-order valence-corrected chi connectivity index (χ4v) is 4.05. The van der Waals surface area contributed by atoms with Crippen LogP contribution in [-0.2, 0) is 11.3 Å². The van der Waals surface area contributed by atoms with Gasteiger partial charge in [-0.2, -0.15) is 0 Å². The molecule has 0 atom stereocenters. The molecular weight excluding hydrogens is 447 g/mol. The number of carbonyl (C=O) groups is 1. The minimum Gasteiger partial charge on any atom is -0.383 e. The molecule has 11 heteroatoms. The summed E-state index contributed by atoms with van der Waals surface area (Å²) in [5, 5.41) is 0.510. The van der Waals surface area contributed by atoms with Crippen LogP contribution in [0.25, 0.3) is 11.3 Å². The number of nitrogens with two attached hydrogens (primary N) is 1. The van der Waals surface area contributed by atoms with Gasteiger partial charge in [-0.1, -0.05) is 32.0 Å². The summed E-state index contributed by atoms with van der Waals surface area (Å²) in [6.45, 7) is 4.49. The molecule has 2 aromatic heterocycles. The Morgan fingerprint density at radius 3 is 2.58 bits per heavy atom. The third kappa shape index (κ3) is 5.72. The lowest BCUT2D eigenvalue weighted by atomic mass is 10.2. The predicted octanol–water partition coefficient (Wildman–Crippen LogP) is 2.98. The maximum atomic E-state index is 13.1. The van der Waals surface area contributed by atoms with Gasteiger partial charge in [-0.15, -0.1) is 0 Å². The van der Waals surface area contributed by atoms with Gasteiger partial charge in [-0.05, 0) is 42.7 Å². The van der Waals surface area contributed by atoms with E-state index < -0.39 is 11.2 Å².